The molecule has 0 unspecified atom stereocenters. The minimum atomic E-state index is -1.17. The topological polar surface area (TPSA) is 62.7 Å². The first-order valence-corrected chi connectivity index (χ1v) is 7.62. The molecule has 1 aromatic carbocycles. The number of aromatic hydroxyl groups is 1. The van der Waals surface area contributed by atoms with Gasteiger partial charge in [0.25, 0.3) is 5.91 Å². The van der Waals surface area contributed by atoms with E-state index in [0.717, 1.165) is 17.1 Å². The molecular formula is C15H16F2N2O3S. The van der Waals surface area contributed by atoms with Gasteiger partial charge in [0.1, 0.15) is 11.1 Å². The molecule has 0 bridgehead atoms. The fraction of sp³-hybridized carbons (Fsp3) is 0.333. The van der Waals surface area contributed by atoms with Crippen molar-refractivity contribution < 1.29 is 23.4 Å². The van der Waals surface area contributed by atoms with Crippen LogP contribution in [0.2, 0.25) is 0 Å². The summed E-state index contributed by atoms with van der Waals surface area (Å²) in [5.41, 5.74) is 0.477. The van der Waals surface area contributed by atoms with E-state index in [4.69, 9.17) is 9.84 Å². The van der Waals surface area contributed by atoms with Crippen LogP contribution in [0, 0.1) is 11.6 Å². The lowest BCUT2D eigenvalue weighted by molar-refractivity contribution is 0.0782. The second-order valence-electron chi connectivity index (χ2n) is 5.00. The lowest BCUT2D eigenvalue weighted by atomic mass is 10.1. The minimum Gasteiger partial charge on any atom is -0.503 e. The monoisotopic (exact) mass is 342 g/mol. The number of hydrogen-bond acceptors (Lipinski definition) is 5. The Morgan fingerprint density at radius 1 is 1.43 bits per heavy atom. The maximum Gasteiger partial charge on any atom is 0.254 e. The van der Waals surface area contributed by atoms with Crippen molar-refractivity contribution in [3.63, 3.8) is 0 Å². The van der Waals surface area contributed by atoms with Crippen molar-refractivity contribution in [2.75, 3.05) is 14.2 Å². The zero-order chi connectivity index (χ0) is 17.1. The third-order valence-corrected chi connectivity index (χ3v) is 4.34. The molecule has 23 heavy (non-hydrogen) atoms. The van der Waals surface area contributed by atoms with Crippen molar-refractivity contribution in [2.45, 2.75) is 19.6 Å². The highest BCUT2D eigenvalue weighted by Gasteiger charge is 2.19. The summed E-state index contributed by atoms with van der Waals surface area (Å²) in [5.74, 6) is -4.02. The summed E-state index contributed by atoms with van der Waals surface area (Å²) in [7, 11) is 3.08. The summed E-state index contributed by atoms with van der Waals surface area (Å²) >= 11 is 1.41. The Hall–Kier alpha value is -2.06. The van der Waals surface area contributed by atoms with E-state index in [0.29, 0.717) is 5.69 Å². The first-order valence-electron chi connectivity index (χ1n) is 6.74. The van der Waals surface area contributed by atoms with E-state index < -0.39 is 23.3 Å². The number of hydrogen-bond donors (Lipinski definition) is 1. The van der Waals surface area contributed by atoms with Gasteiger partial charge in [-0.3, -0.25) is 4.79 Å². The molecule has 1 aromatic heterocycles. The van der Waals surface area contributed by atoms with Crippen molar-refractivity contribution in [1.82, 2.24) is 9.88 Å². The van der Waals surface area contributed by atoms with Crippen LogP contribution >= 0.6 is 11.3 Å². The molecule has 0 fully saturated rings. The summed E-state index contributed by atoms with van der Waals surface area (Å²) in [5, 5.41) is 11.6. The second-order valence-corrected chi connectivity index (χ2v) is 5.89. The molecule has 124 valence electrons. The van der Waals surface area contributed by atoms with Crippen LogP contribution in [-0.2, 0) is 11.3 Å². The molecule has 1 amide bonds. The Balaban J connectivity index is 2.12. The largest absolute Gasteiger partial charge is 0.503 e. The van der Waals surface area contributed by atoms with Gasteiger partial charge in [0.15, 0.2) is 17.4 Å². The Morgan fingerprint density at radius 3 is 2.61 bits per heavy atom. The summed E-state index contributed by atoms with van der Waals surface area (Å²) in [6.45, 7) is 2.05. The van der Waals surface area contributed by atoms with E-state index in [1.165, 1.54) is 23.3 Å². The summed E-state index contributed by atoms with van der Waals surface area (Å²) in [4.78, 5) is 17.9. The molecule has 0 aliphatic heterocycles. The standard InChI is InChI=1S/C15H16F2N2O3S/c1-8(22-3)14-18-10(7-23-14)6-19(2)15(21)9-4-11(16)13(20)12(17)5-9/h4-5,7-8,20H,6H2,1-3H3/t8-/m1/s1. The van der Waals surface area contributed by atoms with Gasteiger partial charge in [-0.1, -0.05) is 0 Å². The smallest absolute Gasteiger partial charge is 0.254 e. The van der Waals surface area contributed by atoms with Crippen LogP contribution in [0.5, 0.6) is 5.75 Å². The van der Waals surface area contributed by atoms with Gasteiger partial charge >= 0.3 is 0 Å². The highest BCUT2D eigenvalue weighted by Crippen LogP contribution is 2.23. The molecule has 0 saturated heterocycles. The number of aromatic nitrogens is 1. The van der Waals surface area contributed by atoms with Gasteiger partial charge in [-0.15, -0.1) is 11.3 Å². The summed E-state index contributed by atoms with van der Waals surface area (Å²) in [6, 6.07) is 1.60. The van der Waals surface area contributed by atoms with Gasteiger partial charge < -0.3 is 14.7 Å². The van der Waals surface area contributed by atoms with Crippen LogP contribution in [0.1, 0.15) is 34.1 Å². The van der Waals surface area contributed by atoms with Gasteiger partial charge in [-0.2, -0.15) is 0 Å². The lowest BCUT2D eigenvalue weighted by Gasteiger charge is -2.16. The van der Waals surface area contributed by atoms with Crippen LogP contribution in [0.25, 0.3) is 0 Å². The zero-order valence-corrected chi connectivity index (χ0v) is 13.7. The number of benzene rings is 1. The molecular weight excluding hydrogens is 326 g/mol. The van der Waals surface area contributed by atoms with E-state index in [2.05, 4.69) is 4.98 Å². The number of nitrogens with zero attached hydrogens (tertiary/aromatic N) is 2. The molecule has 1 heterocycles. The van der Waals surface area contributed by atoms with Crippen molar-refractivity contribution in [1.29, 1.82) is 0 Å². The van der Waals surface area contributed by atoms with Gasteiger partial charge in [0, 0.05) is 25.1 Å². The highest BCUT2D eigenvalue weighted by atomic mass is 32.1. The average Bonchev–Trinajstić information content (AvgIpc) is 2.98. The van der Waals surface area contributed by atoms with E-state index in [-0.39, 0.29) is 18.2 Å². The number of amides is 1. The normalized spacial score (nSPS) is 12.2. The molecule has 0 aliphatic rings. The van der Waals surface area contributed by atoms with Crippen molar-refractivity contribution >= 4 is 17.2 Å². The number of ether oxygens (including phenoxy) is 1. The third-order valence-electron chi connectivity index (χ3n) is 3.28. The molecule has 8 heteroatoms. The average molecular weight is 342 g/mol. The number of carbonyl (C=O) groups is 1. The fourth-order valence-electron chi connectivity index (χ4n) is 1.91. The molecule has 5 nitrogen and oxygen atoms in total. The van der Waals surface area contributed by atoms with E-state index >= 15 is 0 Å². The van der Waals surface area contributed by atoms with Crippen LogP contribution in [0.15, 0.2) is 17.5 Å². The van der Waals surface area contributed by atoms with Gasteiger partial charge in [-0.25, -0.2) is 13.8 Å². The Kier molecular flexibility index (Phi) is 5.27. The molecule has 0 aliphatic carbocycles. The number of rotatable bonds is 5. The van der Waals surface area contributed by atoms with Gasteiger partial charge in [-0.05, 0) is 19.1 Å². The summed E-state index contributed by atoms with van der Waals surface area (Å²) < 4.78 is 31.8. The fourth-order valence-corrected chi connectivity index (χ4v) is 2.75. The van der Waals surface area contributed by atoms with E-state index in [1.807, 2.05) is 6.92 Å². The van der Waals surface area contributed by atoms with E-state index in [9.17, 15) is 13.6 Å². The van der Waals surface area contributed by atoms with Crippen LogP contribution < -0.4 is 0 Å². The highest BCUT2D eigenvalue weighted by molar-refractivity contribution is 7.09. The molecule has 2 rings (SSSR count). The van der Waals surface area contributed by atoms with Gasteiger partial charge in [0.2, 0.25) is 0 Å². The molecule has 0 radical (unpaired) electrons. The number of phenols is 1. The zero-order valence-electron chi connectivity index (χ0n) is 12.8. The number of methoxy groups -OCH3 is 1. The Bertz CT molecular complexity index is 697. The van der Waals surface area contributed by atoms with Crippen molar-refractivity contribution in [2.24, 2.45) is 0 Å². The molecule has 1 atom stereocenters. The molecule has 0 saturated carbocycles. The predicted octanol–water partition coefficient (Wildman–Crippen LogP) is 3.11. The molecule has 0 spiro atoms. The maximum atomic E-state index is 13.3. The predicted molar refractivity (Wildman–Crippen MR) is 81.4 cm³/mol. The SMILES string of the molecule is CO[C@H](C)c1nc(CN(C)C(=O)c2cc(F)c(O)c(F)c2)cs1. The number of thiazole rings is 1. The molecule has 1 N–H and O–H groups in total. The van der Waals surface area contributed by atoms with E-state index in [1.54, 1.807) is 12.5 Å². The molecule has 2 aromatic rings. The minimum absolute atomic E-state index is 0.143. The number of phenolic OH excluding ortho intramolecular Hbond substituents is 1. The summed E-state index contributed by atoms with van der Waals surface area (Å²) in [6.07, 6.45) is -0.143. The lowest BCUT2D eigenvalue weighted by Crippen LogP contribution is -2.26. The van der Waals surface area contributed by atoms with Crippen molar-refractivity contribution in [3.8, 4) is 5.75 Å². The second kappa shape index (κ2) is 7.01. The first kappa shape index (κ1) is 17.3. The Labute approximate surface area is 136 Å². The van der Waals surface area contributed by atoms with Crippen molar-refractivity contribution in [3.05, 3.63) is 45.4 Å². The maximum absolute atomic E-state index is 13.3. The number of halogens is 2. The third kappa shape index (κ3) is 3.83. The van der Waals surface area contributed by atoms with Crippen LogP contribution in [0.4, 0.5) is 8.78 Å². The first-order chi connectivity index (χ1) is 10.8. The Morgan fingerprint density at radius 2 is 2.04 bits per heavy atom. The van der Waals surface area contributed by atoms with Crippen LogP contribution in [0.3, 0.4) is 0 Å². The van der Waals surface area contributed by atoms with Crippen LogP contribution in [-0.4, -0.2) is 35.1 Å². The van der Waals surface area contributed by atoms with Gasteiger partial charge in [0.05, 0.1) is 12.2 Å². The quantitative estimate of drug-likeness (QED) is 0.907. The number of carbonyl (C=O) groups excluding carboxylic acids is 1.